The van der Waals surface area contributed by atoms with Gasteiger partial charge in [0.15, 0.2) is 6.29 Å². The minimum atomic E-state index is -4.28. The quantitative estimate of drug-likeness (QED) is 0.416. The molecule has 3 aromatic carbocycles. The molecule has 0 fully saturated rings. The van der Waals surface area contributed by atoms with Crippen molar-refractivity contribution in [3.63, 3.8) is 0 Å². The average Bonchev–Trinajstić information content (AvgIpc) is 2.59. The molecule has 0 bridgehead atoms. The lowest BCUT2D eigenvalue weighted by molar-refractivity contribution is 0.112. The smallest absolute Gasteiger partial charge is 0.294 e. The van der Waals surface area contributed by atoms with Gasteiger partial charge in [-0.1, -0.05) is 18.2 Å². The first kappa shape index (κ1) is 16.7. The fourth-order valence-corrected chi connectivity index (χ4v) is 2.82. The zero-order chi connectivity index (χ0) is 18.0. The van der Waals surface area contributed by atoms with Gasteiger partial charge in [0.2, 0.25) is 0 Å². The van der Waals surface area contributed by atoms with E-state index < -0.39 is 10.1 Å². The lowest BCUT2D eigenvalue weighted by Crippen LogP contribution is -1.97. The van der Waals surface area contributed by atoms with Crippen LogP contribution in [0.4, 0.5) is 11.4 Å². The monoisotopic (exact) mass is 356 g/mol. The third-order valence-corrected chi connectivity index (χ3v) is 4.39. The second kappa shape index (κ2) is 6.42. The number of phenols is 1. The SMILES string of the molecule is O=Cc1cc(N=Nc2cccc3cc(S(=O)(=O)O)ccc23)ccc1O. The van der Waals surface area contributed by atoms with E-state index in [0.717, 1.165) is 0 Å². The Bertz CT molecular complexity index is 1110. The molecule has 126 valence electrons. The minimum absolute atomic E-state index is 0.104. The van der Waals surface area contributed by atoms with Crippen molar-refractivity contribution in [1.29, 1.82) is 0 Å². The van der Waals surface area contributed by atoms with Gasteiger partial charge in [-0.2, -0.15) is 13.5 Å². The van der Waals surface area contributed by atoms with Crippen molar-refractivity contribution < 1.29 is 22.9 Å². The Hall–Kier alpha value is -3.10. The maximum Gasteiger partial charge on any atom is 0.294 e. The summed E-state index contributed by atoms with van der Waals surface area (Å²) in [6.07, 6.45) is 0.517. The zero-order valence-corrected chi connectivity index (χ0v) is 13.5. The molecule has 2 N–H and O–H groups in total. The summed E-state index contributed by atoms with van der Waals surface area (Å²) in [5, 5.41) is 18.9. The molecule has 3 aromatic rings. The van der Waals surface area contributed by atoms with Crippen LogP contribution in [-0.2, 0) is 10.1 Å². The topological polar surface area (TPSA) is 116 Å². The molecule has 3 rings (SSSR count). The van der Waals surface area contributed by atoms with Crippen LogP contribution >= 0.6 is 0 Å². The molecular formula is C17H12N2O5S. The molecule has 25 heavy (non-hydrogen) atoms. The van der Waals surface area contributed by atoms with Gasteiger partial charge in [-0.15, -0.1) is 5.11 Å². The van der Waals surface area contributed by atoms with Crippen molar-refractivity contribution >= 4 is 38.6 Å². The van der Waals surface area contributed by atoms with E-state index in [1.54, 1.807) is 18.2 Å². The molecular weight excluding hydrogens is 344 g/mol. The first-order chi connectivity index (χ1) is 11.9. The Balaban J connectivity index is 2.03. The van der Waals surface area contributed by atoms with Gasteiger partial charge < -0.3 is 5.11 Å². The van der Waals surface area contributed by atoms with Crippen molar-refractivity contribution in [2.45, 2.75) is 4.90 Å². The maximum atomic E-state index is 11.2. The number of azo groups is 1. The van der Waals surface area contributed by atoms with Crippen LogP contribution in [-0.4, -0.2) is 24.4 Å². The molecule has 0 aliphatic rings. The van der Waals surface area contributed by atoms with Crippen molar-refractivity contribution in [3.05, 3.63) is 60.2 Å². The summed E-state index contributed by atoms with van der Waals surface area (Å²) in [7, 11) is -4.28. The molecule has 0 saturated carbocycles. The maximum absolute atomic E-state index is 11.2. The number of aldehydes is 1. The Kier molecular flexibility index (Phi) is 4.30. The highest BCUT2D eigenvalue weighted by atomic mass is 32.2. The molecule has 0 aromatic heterocycles. The summed E-state index contributed by atoms with van der Waals surface area (Å²) >= 11 is 0. The third kappa shape index (κ3) is 3.54. The number of hydrogen-bond acceptors (Lipinski definition) is 6. The van der Waals surface area contributed by atoms with Crippen LogP contribution in [0.3, 0.4) is 0 Å². The van der Waals surface area contributed by atoms with E-state index in [1.807, 2.05) is 0 Å². The first-order valence-electron chi connectivity index (χ1n) is 7.09. The minimum Gasteiger partial charge on any atom is -0.507 e. The number of nitrogens with zero attached hydrogens (tertiary/aromatic N) is 2. The van der Waals surface area contributed by atoms with Crippen LogP contribution in [0.15, 0.2) is 69.7 Å². The molecule has 8 heteroatoms. The predicted octanol–water partition coefficient (Wildman–Crippen LogP) is 4.02. The molecule has 7 nitrogen and oxygen atoms in total. The molecule has 0 aliphatic carbocycles. The van der Waals surface area contributed by atoms with Gasteiger partial charge in [0.05, 0.1) is 21.8 Å². The fourth-order valence-electron chi connectivity index (χ4n) is 2.30. The highest BCUT2D eigenvalue weighted by Crippen LogP contribution is 2.30. The second-order valence-corrected chi connectivity index (χ2v) is 6.62. The van der Waals surface area contributed by atoms with E-state index in [-0.39, 0.29) is 16.2 Å². The lowest BCUT2D eigenvalue weighted by Gasteiger charge is -2.03. The first-order valence-corrected chi connectivity index (χ1v) is 8.53. The molecule has 0 radical (unpaired) electrons. The van der Waals surface area contributed by atoms with Gasteiger partial charge in [-0.3, -0.25) is 9.35 Å². The molecule has 0 spiro atoms. The molecule has 0 amide bonds. The van der Waals surface area contributed by atoms with Gasteiger partial charge in [0, 0.05) is 5.39 Å². The lowest BCUT2D eigenvalue weighted by atomic mass is 10.1. The number of fused-ring (bicyclic) bond motifs is 1. The normalized spacial score (nSPS) is 11.9. The van der Waals surface area contributed by atoms with Gasteiger partial charge in [0.1, 0.15) is 5.75 Å². The van der Waals surface area contributed by atoms with E-state index >= 15 is 0 Å². The van der Waals surface area contributed by atoms with Crippen LogP contribution in [0.1, 0.15) is 10.4 Å². The highest BCUT2D eigenvalue weighted by Gasteiger charge is 2.11. The summed E-state index contributed by atoms with van der Waals surface area (Å²) in [6.45, 7) is 0. The van der Waals surface area contributed by atoms with Gasteiger partial charge in [-0.25, -0.2) is 0 Å². The summed E-state index contributed by atoms with van der Waals surface area (Å²) in [5.41, 5.74) is 0.971. The van der Waals surface area contributed by atoms with Crippen LogP contribution in [0, 0.1) is 0 Å². The van der Waals surface area contributed by atoms with Crippen LogP contribution in [0.25, 0.3) is 10.8 Å². The number of aromatic hydroxyl groups is 1. The van der Waals surface area contributed by atoms with Crippen LogP contribution in [0.2, 0.25) is 0 Å². The largest absolute Gasteiger partial charge is 0.507 e. The van der Waals surface area contributed by atoms with Gasteiger partial charge >= 0.3 is 0 Å². The number of phenolic OH excluding ortho intramolecular Hbond substituents is 1. The van der Waals surface area contributed by atoms with Crippen molar-refractivity contribution in [2.24, 2.45) is 10.2 Å². The average molecular weight is 356 g/mol. The van der Waals surface area contributed by atoms with Crippen LogP contribution < -0.4 is 0 Å². The molecule has 0 saturated heterocycles. The van der Waals surface area contributed by atoms with Crippen molar-refractivity contribution in [1.82, 2.24) is 0 Å². The summed E-state index contributed by atoms with van der Waals surface area (Å²) < 4.78 is 31.6. The Labute approximate surface area is 143 Å². The number of carbonyl (C=O) groups is 1. The number of hydrogen-bond donors (Lipinski definition) is 2. The second-order valence-electron chi connectivity index (χ2n) is 5.20. The summed E-state index contributed by atoms with van der Waals surface area (Å²) in [6, 6.07) is 13.5. The number of rotatable bonds is 4. The fraction of sp³-hybridized carbons (Fsp3) is 0. The standard InChI is InChI=1S/C17H12N2O5S/c20-10-12-8-13(4-7-17(12)21)18-19-16-3-1-2-11-9-14(25(22,23)24)5-6-15(11)16/h1-10,21H,(H,22,23,24). The Morgan fingerprint density at radius 2 is 1.76 bits per heavy atom. The van der Waals surface area contributed by atoms with Gasteiger partial charge in [0.25, 0.3) is 10.1 Å². The van der Waals surface area contributed by atoms with E-state index in [4.69, 9.17) is 4.55 Å². The van der Waals surface area contributed by atoms with Crippen LogP contribution in [0.5, 0.6) is 5.75 Å². The van der Waals surface area contributed by atoms with Crippen molar-refractivity contribution in [2.75, 3.05) is 0 Å². The number of carbonyl (C=O) groups excluding carboxylic acids is 1. The molecule has 0 atom stereocenters. The summed E-state index contributed by atoms with van der Waals surface area (Å²) in [4.78, 5) is 10.6. The Morgan fingerprint density at radius 1 is 0.960 bits per heavy atom. The highest BCUT2D eigenvalue weighted by molar-refractivity contribution is 7.85. The van der Waals surface area contributed by atoms with E-state index in [1.165, 1.54) is 36.4 Å². The number of benzene rings is 3. The van der Waals surface area contributed by atoms with E-state index in [0.29, 0.717) is 28.4 Å². The summed E-state index contributed by atoms with van der Waals surface area (Å²) in [5.74, 6) is -0.142. The molecule has 0 aliphatic heterocycles. The zero-order valence-electron chi connectivity index (χ0n) is 12.7. The molecule has 0 unspecified atom stereocenters. The predicted molar refractivity (Wildman–Crippen MR) is 91.4 cm³/mol. The molecule has 0 heterocycles. The van der Waals surface area contributed by atoms with Gasteiger partial charge in [-0.05, 0) is 41.8 Å². The van der Waals surface area contributed by atoms with Crippen molar-refractivity contribution in [3.8, 4) is 5.75 Å². The van der Waals surface area contributed by atoms with E-state index in [9.17, 15) is 18.3 Å². The Morgan fingerprint density at radius 3 is 2.48 bits per heavy atom. The third-order valence-electron chi connectivity index (χ3n) is 3.54. The van der Waals surface area contributed by atoms with E-state index in [2.05, 4.69) is 10.2 Å².